The van der Waals surface area contributed by atoms with Crippen molar-refractivity contribution in [2.45, 2.75) is 19.0 Å². The maximum atomic E-state index is 13.4. The van der Waals surface area contributed by atoms with Crippen LogP contribution in [0.25, 0.3) is 0 Å². The minimum absolute atomic E-state index is 0.0453. The van der Waals surface area contributed by atoms with Crippen molar-refractivity contribution in [2.24, 2.45) is 0 Å². The molecule has 1 atom stereocenters. The van der Waals surface area contributed by atoms with Gasteiger partial charge in [-0.05, 0) is 42.8 Å². The average molecular weight is 583 g/mol. The molecule has 0 radical (unpaired) electrons. The largest absolute Gasteiger partial charge is 0.416 e. The van der Waals surface area contributed by atoms with Crippen LogP contribution in [0, 0.1) is 11.3 Å². The minimum Gasteiger partial charge on any atom is -0.353 e. The Balaban J connectivity index is 1.59. The van der Waals surface area contributed by atoms with Crippen molar-refractivity contribution in [1.82, 2.24) is 5.32 Å². The second kappa shape index (κ2) is 12.3. The van der Waals surface area contributed by atoms with Crippen molar-refractivity contribution < 1.29 is 22.8 Å². The lowest BCUT2D eigenvalue weighted by Gasteiger charge is -2.30. The SMILES string of the molecule is CC1=C(C(=O)Nc2ccccc2)[C@H](c2ccccc2)C(C#N)=C(SCC(=O)Nc2cc(C(F)(F)F)ccc2Cl)N1. The van der Waals surface area contributed by atoms with E-state index in [4.69, 9.17) is 11.6 Å². The summed E-state index contributed by atoms with van der Waals surface area (Å²) in [5.74, 6) is -1.97. The van der Waals surface area contributed by atoms with Gasteiger partial charge in [-0.2, -0.15) is 18.4 Å². The van der Waals surface area contributed by atoms with E-state index in [1.807, 2.05) is 12.1 Å². The number of nitrogens with one attached hydrogen (secondary N) is 3. The molecule has 1 aliphatic rings. The van der Waals surface area contributed by atoms with E-state index in [9.17, 15) is 28.0 Å². The first kappa shape index (κ1) is 28.8. The summed E-state index contributed by atoms with van der Waals surface area (Å²) in [5.41, 5.74) is 1.23. The number of dihydropyridines is 1. The fourth-order valence-corrected chi connectivity index (χ4v) is 5.20. The first-order valence-corrected chi connectivity index (χ1v) is 13.3. The number of alkyl halides is 3. The molecule has 3 aromatic carbocycles. The third-order valence-electron chi connectivity index (χ3n) is 5.97. The summed E-state index contributed by atoms with van der Waals surface area (Å²) in [5, 5.41) is 18.8. The smallest absolute Gasteiger partial charge is 0.353 e. The number of halogens is 4. The van der Waals surface area contributed by atoms with Crippen LogP contribution < -0.4 is 16.0 Å². The molecule has 3 aromatic rings. The average Bonchev–Trinajstić information content (AvgIpc) is 2.93. The third kappa shape index (κ3) is 6.68. The Morgan fingerprint density at radius 2 is 1.68 bits per heavy atom. The minimum atomic E-state index is -4.60. The molecule has 6 nitrogen and oxygen atoms in total. The van der Waals surface area contributed by atoms with Crippen LogP contribution in [0.4, 0.5) is 24.5 Å². The monoisotopic (exact) mass is 582 g/mol. The van der Waals surface area contributed by atoms with Crippen LogP contribution in [-0.2, 0) is 15.8 Å². The number of hydrogen-bond acceptors (Lipinski definition) is 5. The van der Waals surface area contributed by atoms with E-state index in [-0.39, 0.29) is 22.0 Å². The zero-order chi connectivity index (χ0) is 28.9. The van der Waals surface area contributed by atoms with Gasteiger partial charge in [0, 0.05) is 17.0 Å². The molecule has 0 aromatic heterocycles. The summed E-state index contributed by atoms with van der Waals surface area (Å²) in [6.07, 6.45) is -4.60. The van der Waals surface area contributed by atoms with Crippen LogP contribution in [0.2, 0.25) is 5.02 Å². The van der Waals surface area contributed by atoms with Crippen molar-refractivity contribution in [3.63, 3.8) is 0 Å². The normalized spacial score (nSPS) is 15.2. The second-order valence-corrected chi connectivity index (χ2v) is 10.1. The zero-order valence-corrected chi connectivity index (χ0v) is 22.5. The highest BCUT2D eigenvalue weighted by Crippen LogP contribution is 2.41. The summed E-state index contributed by atoms with van der Waals surface area (Å²) in [7, 11) is 0. The summed E-state index contributed by atoms with van der Waals surface area (Å²) < 4.78 is 39.3. The van der Waals surface area contributed by atoms with Gasteiger partial charge in [0.25, 0.3) is 5.91 Å². The summed E-state index contributed by atoms with van der Waals surface area (Å²) in [4.78, 5) is 26.1. The number of carbonyl (C=O) groups is 2. The van der Waals surface area contributed by atoms with Crippen molar-refractivity contribution in [3.05, 3.63) is 117 Å². The van der Waals surface area contributed by atoms with Gasteiger partial charge >= 0.3 is 6.18 Å². The fraction of sp³-hybridized carbons (Fsp3) is 0.138. The molecule has 0 unspecified atom stereocenters. The Morgan fingerprint density at radius 3 is 2.30 bits per heavy atom. The predicted molar refractivity (Wildman–Crippen MR) is 150 cm³/mol. The Labute approximate surface area is 237 Å². The standard InChI is InChI=1S/C29H22ClF3N4O2S/c1-17-25(27(39)36-20-10-6-3-7-11-20)26(18-8-4-2-5-9-18)21(15-34)28(35-17)40-16-24(38)37-23-14-19(29(31,32)33)12-13-22(23)30/h2-14,26,35H,16H2,1H3,(H,36,39)(H,37,38)/t26-/m1/s1. The molecule has 1 aliphatic heterocycles. The first-order chi connectivity index (χ1) is 19.1. The number of benzene rings is 3. The van der Waals surface area contributed by atoms with Gasteiger partial charge in [-0.3, -0.25) is 9.59 Å². The van der Waals surface area contributed by atoms with Crippen LogP contribution in [-0.4, -0.2) is 17.6 Å². The number of allylic oxidation sites excluding steroid dienone is 2. The van der Waals surface area contributed by atoms with Crippen LogP contribution in [0.5, 0.6) is 0 Å². The maximum Gasteiger partial charge on any atom is 0.416 e. The fourth-order valence-electron chi connectivity index (χ4n) is 4.15. The van der Waals surface area contributed by atoms with Gasteiger partial charge in [-0.15, -0.1) is 0 Å². The molecule has 2 amide bonds. The predicted octanol–water partition coefficient (Wildman–Crippen LogP) is 7.07. The molecule has 0 saturated carbocycles. The number of carbonyl (C=O) groups excluding carboxylic acids is 2. The molecule has 0 fully saturated rings. The van der Waals surface area contributed by atoms with Crippen LogP contribution in [0.3, 0.4) is 0 Å². The number of thioether (sulfide) groups is 1. The van der Waals surface area contributed by atoms with Gasteiger partial charge in [0.1, 0.15) is 0 Å². The number of nitrogens with zero attached hydrogens (tertiary/aromatic N) is 1. The lowest BCUT2D eigenvalue weighted by atomic mass is 9.82. The van der Waals surface area contributed by atoms with E-state index >= 15 is 0 Å². The van der Waals surface area contributed by atoms with Gasteiger partial charge < -0.3 is 16.0 Å². The van der Waals surface area contributed by atoms with Crippen molar-refractivity contribution in [1.29, 1.82) is 5.26 Å². The highest BCUT2D eigenvalue weighted by molar-refractivity contribution is 8.03. The van der Waals surface area contributed by atoms with Gasteiger partial charge in [0.15, 0.2) is 0 Å². The van der Waals surface area contributed by atoms with E-state index in [2.05, 4.69) is 22.0 Å². The topological polar surface area (TPSA) is 94.0 Å². The number of anilines is 2. The van der Waals surface area contributed by atoms with E-state index in [0.29, 0.717) is 27.6 Å². The highest BCUT2D eigenvalue weighted by Gasteiger charge is 2.35. The van der Waals surface area contributed by atoms with Crippen LogP contribution in [0.1, 0.15) is 24.0 Å². The van der Waals surface area contributed by atoms with Crippen molar-refractivity contribution in [2.75, 3.05) is 16.4 Å². The van der Waals surface area contributed by atoms with Gasteiger partial charge in [0.05, 0.1) is 44.6 Å². The number of nitriles is 1. The molecule has 4 rings (SSSR count). The third-order valence-corrected chi connectivity index (χ3v) is 7.32. The molecular weight excluding hydrogens is 561 g/mol. The molecule has 204 valence electrons. The Morgan fingerprint density at radius 1 is 1.02 bits per heavy atom. The van der Waals surface area contributed by atoms with E-state index < -0.39 is 29.5 Å². The first-order valence-electron chi connectivity index (χ1n) is 11.9. The Kier molecular flexibility index (Phi) is 8.87. The lowest BCUT2D eigenvalue weighted by molar-refractivity contribution is -0.137. The summed E-state index contributed by atoms with van der Waals surface area (Å²) in [6.45, 7) is 1.70. The van der Waals surface area contributed by atoms with Crippen LogP contribution >= 0.6 is 23.4 Å². The summed E-state index contributed by atoms with van der Waals surface area (Å²) >= 11 is 6.99. The maximum absolute atomic E-state index is 13.4. The number of hydrogen-bond donors (Lipinski definition) is 3. The van der Waals surface area contributed by atoms with Crippen LogP contribution in [0.15, 0.2) is 101 Å². The quantitative estimate of drug-likeness (QED) is 0.277. The molecule has 40 heavy (non-hydrogen) atoms. The molecule has 0 saturated heterocycles. The highest BCUT2D eigenvalue weighted by atomic mass is 35.5. The molecule has 0 aliphatic carbocycles. The van der Waals surface area contributed by atoms with Gasteiger partial charge in [-0.1, -0.05) is 71.9 Å². The van der Waals surface area contributed by atoms with Gasteiger partial charge in [0.2, 0.25) is 5.91 Å². The Bertz CT molecular complexity index is 1530. The van der Waals surface area contributed by atoms with Crippen molar-refractivity contribution >= 4 is 46.6 Å². The number of rotatable bonds is 7. The summed E-state index contributed by atoms with van der Waals surface area (Å²) in [6, 6.07) is 22.8. The molecule has 1 heterocycles. The van der Waals surface area contributed by atoms with Crippen molar-refractivity contribution in [3.8, 4) is 6.07 Å². The second-order valence-electron chi connectivity index (χ2n) is 8.71. The molecular formula is C29H22ClF3N4O2S. The van der Waals surface area contributed by atoms with E-state index in [1.165, 1.54) is 0 Å². The van der Waals surface area contributed by atoms with Gasteiger partial charge in [-0.25, -0.2) is 0 Å². The number of amides is 2. The zero-order valence-electron chi connectivity index (χ0n) is 21.0. The Hall–Kier alpha value is -4.20. The number of para-hydroxylation sites is 1. The van der Waals surface area contributed by atoms with E-state index in [1.54, 1.807) is 55.5 Å². The molecule has 0 spiro atoms. The van der Waals surface area contributed by atoms with E-state index in [0.717, 1.165) is 30.0 Å². The lowest BCUT2D eigenvalue weighted by Crippen LogP contribution is -2.31. The molecule has 3 N–H and O–H groups in total. The molecule has 11 heteroatoms. The molecule has 0 bridgehead atoms.